The second-order valence-corrected chi connectivity index (χ2v) is 48.9. The van der Waals surface area contributed by atoms with Crippen molar-refractivity contribution in [1.82, 2.24) is 0 Å². The quantitative estimate of drug-likeness (QED) is 0.182. The van der Waals surface area contributed by atoms with Gasteiger partial charge in [-0.1, -0.05) is 257 Å². The van der Waals surface area contributed by atoms with E-state index < -0.39 is 49.4 Å². The Balaban J connectivity index is -0.0000000991. The number of hydrogen-bond donors (Lipinski definition) is 0. The Bertz CT molecular complexity index is 1060. The molecule has 318 valence electrons. The van der Waals surface area contributed by atoms with E-state index in [9.17, 15) is 0 Å². The van der Waals surface area contributed by atoms with Crippen molar-refractivity contribution in [1.29, 1.82) is 0 Å². The maximum Gasteiger partial charge on any atom is 3.00 e. The molecule has 0 aliphatic carbocycles. The molecule has 0 spiro atoms. The van der Waals surface area contributed by atoms with Gasteiger partial charge in [-0.15, -0.1) is 0 Å². The summed E-state index contributed by atoms with van der Waals surface area (Å²) in [6.45, 7) is 47.5. The van der Waals surface area contributed by atoms with Gasteiger partial charge in [0.15, 0.2) is 0 Å². The van der Waals surface area contributed by atoms with Crippen molar-refractivity contribution < 1.29 is 51.2 Å². The van der Waals surface area contributed by atoms with Gasteiger partial charge >= 0.3 is 51.2 Å². The summed E-state index contributed by atoms with van der Waals surface area (Å²) in [5.74, 6) is 0. The van der Waals surface area contributed by atoms with Gasteiger partial charge in [0.25, 0.3) is 0 Å². The summed E-state index contributed by atoms with van der Waals surface area (Å²) < 4.78 is 14.5. The molecule has 0 amide bonds. The van der Waals surface area contributed by atoms with E-state index in [-0.39, 0.29) is 64.7 Å². The monoisotopic (exact) mass is 1050 g/mol. The Kier molecular flexibility index (Phi) is 42.7. The predicted molar refractivity (Wildman–Crippen MR) is 268 cm³/mol. The van der Waals surface area contributed by atoms with E-state index in [1.165, 1.54) is 16.7 Å². The van der Waals surface area contributed by atoms with Gasteiger partial charge in [-0.25, -0.2) is 0 Å². The fraction of sp³-hybridized carbons (Fsp3) is 0.538. The van der Waals surface area contributed by atoms with Gasteiger partial charge in [-0.3, -0.25) is 0 Å². The normalized spacial score (nSPS) is 10.9. The summed E-state index contributed by atoms with van der Waals surface area (Å²) in [5, 5.41) is 0. The topological polar surface area (TPSA) is 42.3 Å². The first-order chi connectivity index (χ1) is 22.5. The standard InChI is InChI=1S/3C7H8S.3C6H18NSi2.3Fe.S/c3*1-6-2-4-7(8)5-3-6;3*1-8(2,3)7-9(4,5)6;;;;/h3*2-5,8H,1H3;3*1-6H3;;;;/q;;;3*-1;+2;2*+3;-2/p-3. The predicted octanol–water partition coefficient (Wildman–Crippen LogP) is 14.8. The molecule has 0 N–H and O–H groups in total. The van der Waals surface area contributed by atoms with Gasteiger partial charge < -0.3 is 65.3 Å². The van der Waals surface area contributed by atoms with Crippen molar-refractivity contribution in [2.45, 2.75) is 153 Å². The SMILES string of the molecule is C[Si](C)(C)[N-][Si](C)(C)C.C[Si](C)(C)[N-][Si](C)(C)C.C[Si](C)(C)[N-][Si](C)(C)C.Cc1ccc([S-])cc1.Cc1ccc([S-])cc1.Cc1ccc([S-])cc1.[Fe+2].[Fe+3].[Fe+3].[S-2]. The summed E-state index contributed by atoms with van der Waals surface area (Å²) >= 11 is 14.6. The van der Waals surface area contributed by atoms with Crippen LogP contribution in [0.4, 0.5) is 0 Å². The summed E-state index contributed by atoms with van der Waals surface area (Å²) in [7, 11) is -6.64. The zero-order chi connectivity index (χ0) is 41.1. The van der Waals surface area contributed by atoms with E-state index in [2.05, 4.69) is 139 Å². The maximum atomic E-state index is 4.87. The summed E-state index contributed by atoms with van der Waals surface area (Å²) in [6, 6.07) is 23.7. The van der Waals surface area contributed by atoms with Gasteiger partial charge in [0, 0.05) is 0 Å². The van der Waals surface area contributed by atoms with Crippen LogP contribution < -0.4 is 0 Å². The van der Waals surface area contributed by atoms with Gasteiger partial charge in [-0.05, 0) is 20.8 Å². The van der Waals surface area contributed by atoms with Crippen LogP contribution >= 0.6 is 0 Å². The van der Waals surface area contributed by atoms with Crippen molar-refractivity contribution >= 4 is 101 Å². The molecule has 0 heterocycles. The average molecular weight is 1050 g/mol. The molecule has 0 atom stereocenters. The molecule has 55 heavy (non-hydrogen) atoms. The van der Waals surface area contributed by atoms with Crippen LogP contribution in [0.5, 0.6) is 0 Å². The van der Waals surface area contributed by atoms with Crippen molar-refractivity contribution in [2.24, 2.45) is 0 Å². The number of aryl methyl sites for hydroxylation is 3. The van der Waals surface area contributed by atoms with Crippen LogP contribution in [0.2, 0.25) is 118 Å². The zero-order valence-electron chi connectivity index (χ0n) is 38.0. The van der Waals surface area contributed by atoms with Gasteiger partial charge in [-0.2, -0.15) is 14.7 Å². The number of hydrogen-bond acceptors (Lipinski definition) is 3. The third-order valence-corrected chi connectivity index (χ3v) is 22.0. The fourth-order valence-electron chi connectivity index (χ4n) is 4.63. The largest absolute Gasteiger partial charge is 3.00 e. The van der Waals surface area contributed by atoms with Crippen LogP contribution in [0.15, 0.2) is 87.5 Å². The second kappa shape index (κ2) is 33.1. The van der Waals surface area contributed by atoms with E-state index in [0.717, 1.165) is 14.7 Å². The molecule has 3 aromatic rings. The van der Waals surface area contributed by atoms with E-state index >= 15 is 0 Å². The smallest absolute Gasteiger partial charge is 2.00 e. The molecule has 0 aromatic heterocycles. The van der Waals surface area contributed by atoms with Gasteiger partial charge in [0.1, 0.15) is 0 Å². The van der Waals surface area contributed by atoms with Crippen LogP contribution in [0, 0.1) is 20.8 Å². The Morgan fingerprint density at radius 1 is 0.309 bits per heavy atom. The van der Waals surface area contributed by atoms with Crippen molar-refractivity contribution in [3.63, 3.8) is 0 Å². The molecular weight excluding hydrogens is 975 g/mol. The first kappa shape index (κ1) is 70.9. The molecule has 16 heteroatoms. The first-order valence-electron chi connectivity index (χ1n) is 17.9. The zero-order valence-corrected chi connectivity index (χ0v) is 50.5. The molecule has 0 saturated heterocycles. The molecular formula is C39H75Fe3N3S4Si6. The summed E-state index contributed by atoms with van der Waals surface area (Å²) in [5.41, 5.74) is 3.79. The number of rotatable bonds is 6. The molecule has 0 saturated carbocycles. The number of benzene rings is 3. The van der Waals surface area contributed by atoms with E-state index in [1.54, 1.807) is 0 Å². The van der Waals surface area contributed by atoms with Gasteiger partial charge in [0.05, 0.1) is 0 Å². The van der Waals surface area contributed by atoms with E-state index in [1.807, 2.05) is 72.8 Å². The molecule has 0 unspecified atom stereocenters. The van der Waals surface area contributed by atoms with E-state index in [4.69, 9.17) is 51.8 Å². The third-order valence-electron chi connectivity index (χ3n) is 5.08. The molecule has 0 bridgehead atoms. The molecule has 3 aromatic carbocycles. The molecule has 0 fully saturated rings. The fourth-order valence-corrected chi connectivity index (χ4v) is 29.2. The molecule has 2 radical (unpaired) electrons. The van der Waals surface area contributed by atoms with E-state index in [0.29, 0.717) is 0 Å². The van der Waals surface area contributed by atoms with Crippen LogP contribution in [0.25, 0.3) is 13.9 Å². The van der Waals surface area contributed by atoms with Crippen LogP contribution in [-0.4, -0.2) is 49.4 Å². The van der Waals surface area contributed by atoms with Crippen LogP contribution in [-0.2, 0) is 103 Å². The molecule has 3 nitrogen and oxygen atoms in total. The maximum absolute atomic E-state index is 4.87. The Labute approximate surface area is 404 Å². The first-order valence-corrected chi connectivity index (χ1v) is 39.8. The van der Waals surface area contributed by atoms with Crippen LogP contribution in [0.3, 0.4) is 0 Å². The Morgan fingerprint density at radius 2 is 0.418 bits per heavy atom. The number of nitrogens with zero attached hydrogens (tertiary/aromatic N) is 3. The summed E-state index contributed by atoms with van der Waals surface area (Å²) in [6.07, 6.45) is 0. The molecule has 0 aliphatic heterocycles. The molecule has 3 rings (SSSR count). The average Bonchev–Trinajstić information content (AvgIpc) is 2.85. The summed E-state index contributed by atoms with van der Waals surface area (Å²) in [4.78, 5) is 2.74. The van der Waals surface area contributed by atoms with Crippen molar-refractivity contribution in [2.75, 3.05) is 0 Å². The Hall–Kier alpha value is 1.41. The van der Waals surface area contributed by atoms with Crippen molar-refractivity contribution in [3.05, 3.63) is 103 Å². The minimum absolute atomic E-state index is 0. The minimum atomic E-state index is -1.11. The van der Waals surface area contributed by atoms with Gasteiger partial charge in [0.2, 0.25) is 0 Å². The minimum Gasteiger partial charge on any atom is -2.00 e. The van der Waals surface area contributed by atoms with Crippen molar-refractivity contribution in [3.8, 4) is 0 Å². The molecule has 0 aliphatic rings. The van der Waals surface area contributed by atoms with Crippen LogP contribution in [0.1, 0.15) is 16.7 Å². The second-order valence-electron chi connectivity index (χ2n) is 18.8. The third kappa shape index (κ3) is 64.7. The Morgan fingerprint density at radius 3 is 0.473 bits per heavy atom.